The summed E-state index contributed by atoms with van der Waals surface area (Å²) in [6.45, 7) is 9.70. The predicted molar refractivity (Wildman–Crippen MR) is 88.3 cm³/mol. The maximum atomic E-state index is 5.33. The SMILES string of the molecule is COCC1CCCN(Cc2ccccc2CNC(C)C)C1. The number of benzene rings is 1. The quantitative estimate of drug-likeness (QED) is 0.835. The number of nitrogens with one attached hydrogen (secondary N) is 1. The molecular formula is C18H30N2O. The van der Waals surface area contributed by atoms with Crippen molar-refractivity contribution in [1.29, 1.82) is 0 Å². The molecule has 0 bridgehead atoms. The van der Waals surface area contributed by atoms with Gasteiger partial charge in [-0.3, -0.25) is 4.90 Å². The van der Waals surface area contributed by atoms with Crippen molar-refractivity contribution in [3.05, 3.63) is 35.4 Å². The topological polar surface area (TPSA) is 24.5 Å². The third kappa shape index (κ3) is 5.42. The van der Waals surface area contributed by atoms with Crippen molar-refractivity contribution in [3.8, 4) is 0 Å². The lowest BCUT2D eigenvalue weighted by Crippen LogP contribution is -2.37. The Hall–Kier alpha value is -0.900. The van der Waals surface area contributed by atoms with Gasteiger partial charge < -0.3 is 10.1 Å². The first kappa shape index (κ1) is 16.5. The minimum absolute atomic E-state index is 0.527. The molecule has 1 N–H and O–H groups in total. The van der Waals surface area contributed by atoms with Crippen LogP contribution < -0.4 is 5.32 Å². The third-order valence-electron chi connectivity index (χ3n) is 4.22. The van der Waals surface area contributed by atoms with Crippen LogP contribution in [0.1, 0.15) is 37.8 Å². The first-order valence-corrected chi connectivity index (χ1v) is 8.20. The van der Waals surface area contributed by atoms with Crippen LogP contribution in [0.4, 0.5) is 0 Å². The number of rotatable bonds is 7. The van der Waals surface area contributed by atoms with Crippen LogP contribution in [0.2, 0.25) is 0 Å². The average molecular weight is 290 g/mol. The molecule has 1 aliphatic rings. The summed E-state index contributed by atoms with van der Waals surface area (Å²) in [6, 6.07) is 9.35. The molecule has 21 heavy (non-hydrogen) atoms. The Morgan fingerprint density at radius 2 is 2.05 bits per heavy atom. The van der Waals surface area contributed by atoms with Crippen LogP contribution in [-0.2, 0) is 17.8 Å². The van der Waals surface area contributed by atoms with E-state index in [1.807, 2.05) is 7.11 Å². The van der Waals surface area contributed by atoms with E-state index in [0.29, 0.717) is 12.0 Å². The lowest BCUT2D eigenvalue weighted by atomic mass is 9.97. The van der Waals surface area contributed by atoms with Gasteiger partial charge in [0.15, 0.2) is 0 Å². The van der Waals surface area contributed by atoms with Crippen LogP contribution in [0.3, 0.4) is 0 Å². The molecule has 1 fully saturated rings. The number of hydrogen-bond donors (Lipinski definition) is 1. The Morgan fingerprint density at radius 1 is 1.29 bits per heavy atom. The van der Waals surface area contributed by atoms with E-state index >= 15 is 0 Å². The summed E-state index contributed by atoms with van der Waals surface area (Å²) >= 11 is 0. The average Bonchev–Trinajstić information content (AvgIpc) is 2.47. The molecule has 2 rings (SSSR count). The molecule has 1 aromatic carbocycles. The molecule has 3 heteroatoms. The Morgan fingerprint density at radius 3 is 2.76 bits per heavy atom. The van der Waals surface area contributed by atoms with Gasteiger partial charge in [0, 0.05) is 32.8 Å². The first-order valence-electron chi connectivity index (χ1n) is 8.20. The van der Waals surface area contributed by atoms with Crippen molar-refractivity contribution in [3.63, 3.8) is 0 Å². The zero-order valence-electron chi connectivity index (χ0n) is 13.8. The molecule has 118 valence electrons. The number of piperidine rings is 1. The van der Waals surface area contributed by atoms with E-state index in [2.05, 4.69) is 48.3 Å². The van der Waals surface area contributed by atoms with E-state index in [1.54, 1.807) is 0 Å². The Kier molecular flexibility index (Phi) is 6.68. The second-order valence-corrected chi connectivity index (χ2v) is 6.50. The predicted octanol–water partition coefficient (Wildman–Crippen LogP) is 3.04. The molecule has 0 radical (unpaired) electrons. The van der Waals surface area contributed by atoms with Gasteiger partial charge in [-0.2, -0.15) is 0 Å². The smallest absolute Gasteiger partial charge is 0.0502 e. The van der Waals surface area contributed by atoms with Crippen molar-refractivity contribution in [2.24, 2.45) is 5.92 Å². The standard InChI is InChI=1S/C18H30N2O/c1-15(2)19-11-17-8-4-5-9-18(17)13-20-10-6-7-16(12-20)14-21-3/h4-5,8-9,15-16,19H,6-7,10-14H2,1-3H3. The minimum Gasteiger partial charge on any atom is -0.384 e. The monoisotopic (exact) mass is 290 g/mol. The van der Waals surface area contributed by atoms with E-state index in [1.165, 1.54) is 37.1 Å². The molecule has 0 spiro atoms. The van der Waals surface area contributed by atoms with Crippen molar-refractivity contribution in [2.45, 2.75) is 45.8 Å². The molecular weight excluding hydrogens is 260 g/mol. The second kappa shape index (κ2) is 8.52. The highest BCUT2D eigenvalue weighted by atomic mass is 16.5. The van der Waals surface area contributed by atoms with E-state index in [4.69, 9.17) is 4.74 Å². The van der Waals surface area contributed by atoms with Gasteiger partial charge >= 0.3 is 0 Å². The number of methoxy groups -OCH3 is 1. The van der Waals surface area contributed by atoms with Crippen LogP contribution in [0.15, 0.2) is 24.3 Å². The number of likely N-dealkylation sites (tertiary alicyclic amines) is 1. The number of hydrogen-bond acceptors (Lipinski definition) is 3. The van der Waals surface area contributed by atoms with E-state index in [0.717, 1.165) is 19.7 Å². The highest BCUT2D eigenvalue weighted by Crippen LogP contribution is 2.20. The normalized spacial score (nSPS) is 20.1. The van der Waals surface area contributed by atoms with Crippen LogP contribution in [0.5, 0.6) is 0 Å². The summed E-state index contributed by atoms with van der Waals surface area (Å²) in [5, 5.41) is 3.53. The highest BCUT2D eigenvalue weighted by molar-refractivity contribution is 5.27. The highest BCUT2D eigenvalue weighted by Gasteiger charge is 2.20. The largest absolute Gasteiger partial charge is 0.384 e. The molecule has 0 aliphatic carbocycles. The van der Waals surface area contributed by atoms with E-state index in [-0.39, 0.29) is 0 Å². The summed E-state index contributed by atoms with van der Waals surface area (Å²) in [6.07, 6.45) is 2.60. The van der Waals surface area contributed by atoms with E-state index in [9.17, 15) is 0 Å². The van der Waals surface area contributed by atoms with Gasteiger partial charge in [0.1, 0.15) is 0 Å². The summed E-state index contributed by atoms with van der Waals surface area (Å²) in [5.74, 6) is 0.699. The fourth-order valence-electron chi connectivity index (χ4n) is 3.11. The zero-order chi connectivity index (χ0) is 15.1. The summed E-state index contributed by atoms with van der Waals surface area (Å²) < 4.78 is 5.33. The number of ether oxygens (including phenoxy) is 1. The van der Waals surface area contributed by atoms with Crippen molar-refractivity contribution in [2.75, 3.05) is 26.8 Å². The van der Waals surface area contributed by atoms with Gasteiger partial charge in [0.25, 0.3) is 0 Å². The maximum Gasteiger partial charge on any atom is 0.0502 e. The summed E-state index contributed by atoms with van der Waals surface area (Å²) in [7, 11) is 1.81. The molecule has 1 aromatic rings. The fraction of sp³-hybridized carbons (Fsp3) is 0.667. The molecule has 1 saturated heterocycles. The molecule has 0 aromatic heterocycles. The molecule has 1 atom stereocenters. The van der Waals surface area contributed by atoms with Crippen LogP contribution in [0, 0.1) is 5.92 Å². The van der Waals surface area contributed by atoms with E-state index < -0.39 is 0 Å². The Labute approximate surface area is 129 Å². The van der Waals surface area contributed by atoms with Gasteiger partial charge in [-0.1, -0.05) is 38.1 Å². The van der Waals surface area contributed by atoms with Gasteiger partial charge in [-0.25, -0.2) is 0 Å². The fourth-order valence-corrected chi connectivity index (χ4v) is 3.11. The number of nitrogens with zero attached hydrogens (tertiary/aromatic N) is 1. The molecule has 3 nitrogen and oxygen atoms in total. The molecule has 1 unspecified atom stereocenters. The first-order chi connectivity index (χ1) is 10.2. The van der Waals surface area contributed by atoms with Crippen molar-refractivity contribution >= 4 is 0 Å². The maximum absolute atomic E-state index is 5.33. The minimum atomic E-state index is 0.527. The molecule has 0 amide bonds. The van der Waals surface area contributed by atoms with Crippen LogP contribution in [0.25, 0.3) is 0 Å². The molecule has 1 heterocycles. The Bertz CT molecular complexity index is 417. The lowest BCUT2D eigenvalue weighted by Gasteiger charge is -2.32. The van der Waals surface area contributed by atoms with Gasteiger partial charge in [0.05, 0.1) is 6.61 Å². The van der Waals surface area contributed by atoms with Crippen LogP contribution >= 0.6 is 0 Å². The van der Waals surface area contributed by atoms with Gasteiger partial charge in [-0.05, 0) is 36.4 Å². The molecule has 0 saturated carbocycles. The summed E-state index contributed by atoms with van der Waals surface area (Å²) in [5.41, 5.74) is 2.89. The van der Waals surface area contributed by atoms with Gasteiger partial charge in [-0.15, -0.1) is 0 Å². The molecule has 1 aliphatic heterocycles. The Balaban J connectivity index is 1.95. The van der Waals surface area contributed by atoms with Crippen molar-refractivity contribution < 1.29 is 4.74 Å². The van der Waals surface area contributed by atoms with Crippen molar-refractivity contribution in [1.82, 2.24) is 10.2 Å². The summed E-state index contributed by atoms with van der Waals surface area (Å²) in [4.78, 5) is 2.58. The van der Waals surface area contributed by atoms with Crippen LogP contribution in [-0.4, -0.2) is 37.7 Å². The lowest BCUT2D eigenvalue weighted by molar-refractivity contribution is 0.0872. The zero-order valence-corrected chi connectivity index (χ0v) is 13.8. The third-order valence-corrected chi connectivity index (χ3v) is 4.22. The second-order valence-electron chi connectivity index (χ2n) is 6.50. The van der Waals surface area contributed by atoms with Gasteiger partial charge in [0.2, 0.25) is 0 Å².